The fourth-order valence-corrected chi connectivity index (χ4v) is 4.09. The first-order valence-corrected chi connectivity index (χ1v) is 10.5. The lowest BCUT2D eigenvalue weighted by Gasteiger charge is -2.07. The summed E-state index contributed by atoms with van der Waals surface area (Å²) in [6.07, 6.45) is 2.12. The number of carbonyl (C=O) groups is 1. The Balaban J connectivity index is 1.88. The molecule has 3 rings (SSSR count). The Bertz CT molecular complexity index is 986. The molecule has 0 saturated heterocycles. The van der Waals surface area contributed by atoms with Crippen LogP contribution in [-0.2, 0) is 6.54 Å². The average Bonchev–Trinajstić information content (AvgIpc) is 3.04. The highest BCUT2D eigenvalue weighted by Crippen LogP contribution is 2.25. The molecule has 4 nitrogen and oxygen atoms in total. The lowest BCUT2D eigenvalue weighted by Crippen LogP contribution is -2.17. The van der Waals surface area contributed by atoms with E-state index in [0.29, 0.717) is 12.2 Å². The fourth-order valence-electron chi connectivity index (χ4n) is 3.04. The molecule has 0 fully saturated rings. The molecule has 0 aliphatic heterocycles. The van der Waals surface area contributed by atoms with E-state index in [9.17, 15) is 4.79 Å². The molecule has 0 unspecified atom stereocenters. The first kappa shape index (κ1) is 20.1. The lowest BCUT2D eigenvalue weighted by molar-refractivity contribution is 0.0998. The Morgan fingerprint density at radius 3 is 2.43 bits per heavy atom. The van der Waals surface area contributed by atoms with Gasteiger partial charge in [-0.2, -0.15) is 4.99 Å². The Hall–Kier alpha value is -2.66. The fraction of sp³-hybridized carbons (Fsp3) is 0.304. The number of ether oxygens (including phenoxy) is 1. The van der Waals surface area contributed by atoms with E-state index in [2.05, 4.69) is 42.5 Å². The summed E-state index contributed by atoms with van der Waals surface area (Å²) in [5.74, 6) is 0.551. The number of hydrogen-bond acceptors (Lipinski definition) is 3. The molecule has 3 aromatic rings. The Kier molecular flexibility index (Phi) is 6.82. The van der Waals surface area contributed by atoms with Crippen molar-refractivity contribution in [2.75, 3.05) is 6.61 Å². The van der Waals surface area contributed by atoms with Crippen LogP contribution in [0.5, 0.6) is 5.75 Å². The Labute approximate surface area is 170 Å². The topological polar surface area (TPSA) is 43.6 Å². The maximum atomic E-state index is 12.7. The van der Waals surface area contributed by atoms with Gasteiger partial charge in [0.05, 0.1) is 12.3 Å². The van der Waals surface area contributed by atoms with Crippen molar-refractivity contribution in [1.29, 1.82) is 0 Å². The molecule has 0 atom stereocenters. The molecule has 1 heterocycles. The van der Waals surface area contributed by atoms with E-state index in [4.69, 9.17) is 4.74 Å². The van der Waals surface area contributed by atoms with Gasteiger partial charge in [0.25, 0.3) is 5.91 Å². The predicted octanol–water partition coefficient (Wildman–Crippen LogP) is 5.46. The average molecular weight is 395 g/mol. The zero-order valence-corrected chi connectivity index (χ0v) is 17.5. The van der Waals surface area contributed by atoms with Crippen LogP contribution in [0.1, 0.15) is 41.9 Å². The number of nitrogens with zero attached hydrogens (tertiary/aromatic N) is 2. The van der Waals surface area contributed by atoms with Crippen LogP contribution < -0.4 is 9.54 Å². The highest BCUT2D eigenvalue weighted by atomic mass is 32.1. The van der Waals surface area contributed by atoms with Crippen LogP contribution in [0.15, 0.2) is 59.6 Å². The van der Waals surface area contributed by atoms with Crippen molar-refractivity contribution in [2.45, 2.75) is 40.2 Å². The van der Waals surface area contributed by atoms with Crippen LogP contribution in [-0.4, -0.2) is 17.1 Å². The molecule has 0 saturated carbocycles. The summed E-state index contributed by atoms with van der Waals surface area (Å²) in [5.41, 5.74) is 2.83. The second-order valence-corrected chi connectivity index (χ2v) is 7.72. The van der Waals surface area contributed by atoms with Gasteiger partial charge in [-0.1, -0.05) is 43.7 Å². The van der Waals surface area contributed by atoms with Crippen molar-refractivity contribution in [3.05, 3.63) is 69.8 Å². The molecule has 0 radical (unpaired) electrons. The number of aryl methyl sites for hydroxylation is 1. The van der Waals surface area contributed by atoms with Crippen molar-refractivity contribution in [3.63, 3.8) is 0 Å². The van der Waals surface area contributed by atoms with Crippen LogP contribution in [0.25, 0.3) is 11.3 Å². The zero-order valence-electron chi connectivity index (χ0n) is 16.6. The van der Waals surface area contributed by atoms with E-state index in [-0.39, 0.29) is 5.91 Å². The van der Waals surface area contributed by atoms with Gasteiger partial charge in [-0.05, 0) is 50.1 Å². The lowest BCUT2D eigenvalue weighted by atomic mass is 10.1. The Morgan fingerprint density at radius 1 is 1.07 bits per heavy atom. The van der Waals surface area contributed by atoms with Crippen LogP contribution in [0.3, 0.4) is 0 Å². The monoisotopic (exact) mass is 394 g/mol. The van der Waals surface area contributed by atoms with Crippen LogP contribution in [0.4, 0.5) is 0 Å². The zero-order chi connectivity index (χ0) is 19.9. The number of amides is 1. The van der Waals surface area contributed by atoms with Crippen molar-refractivity contribution >= 4 is 17.2 Å². The largest absolute Gasteiger partial charge is 0.494 e. The molecule has 2 aromatic carbocycles. The van der Waals surface area contributed by atoms with Crippen LogP contribution in [0, 0.1) is 6.92 Å². The summed E-state index contributed by atoms with van der Waals surface area (Å²) in [4.78, 5) is 19.0. The number of rotatable bonds is 7. The van der Waals surface area contributed by atoms with Gasteiger partial charge in [-0.3, -0.25) is 4.79 Å². The first-order valence-electron chi connectivity index (χ1n) is 9.71. The third kappa shape index (κ3) is 4.60. The van der Waals surface area contributed by atoms with Gasteiger partial charge >= 0.3 is 0 Å². The van der Waals surface area contributed by atoms with E-state index >= 15 is 0 Å². The summed E-state index contributed by atoms with van der Waals surface area (Å²) in [6, 6.07) is 17.5. The predicted molar refractivity (Wildman–Crippen MR) is 115 cm³/mol. The smallest absolute Gasteiger partial charge is 0.279 e. The molecule has 28 heavy (non-hydrogen) atoms. The van der Waals surface area contributed by atoms with Gasteiger partial charge in [-0.25, -0.2) is 0 Å². The molecule has 0 spiro atoms. The van der Waals surface area contributed by atoms with E-state index in [1.54, 1.807) is 23.5 Å². The van der Waals surface area contributed by atoms with Crippen molar-refractivity contribution in [2.24, 2.45) is 4.99 Å². The first-order chi connectivity index (χ1) is 13.6. The maximum Gasteiger partial charge on any atom is 0.279 e. The summed E-state index contributed by atoms with van der Waals surface area (Å²) >= 11 is 1.55. The third-order valence-electron chi connectivity index (χ3n) is 4.51. The van der Waals surface area contributed by atoms with E-state index < -0.39 is 0 Å². The molecular formula is C23H26N2O2S. The highest BCUT2D eigenvalue weighted by molar-refractivity contribution is 7.09. The minimum absolute atomic E-state index is 0.233. The van der Waals surface area contributed by atoms with Gasteiger partial charge in [0, 0.05) is 17.0 Å². The molecule has 0 N–H and O–H groups in total. The number of benzene rings is 2. The SMILES string of the molecule is CCCCOc1ccc(C(=O)N=c2sc(C)c(-c3ccccc3)n2CC)cc1. The van der Waals surface area contributed by atoms with Crippen molar-refractivity contribution in [1.82, 2.24) is 4.57 Å². The third-order valence-corrected chi connectivity index (χ3v) is 5.50. The summed E-state index contributed by atoms with van der Waals surface area (Å²) in [7, 11) is 0. The number of aromatic nitrogens is 1. The van der Waals surface area contributed by atoms with Gasteiger partial charge in [0.2, 0.25) is 0 Å². The number of hydrogen-bond donors (Lipinski definition) is 0. The summed E-state index contributed by atoms with van der Waals surface area (Å²) < 4.78 is 7.77. The maximum absolute atomic E-state index is 12.7. The quantitative estimate of drug-likeness (QED) is 0.499. The number of carbonyl (C=O) groups excluding carboxylic acids is 1. The van der Waals surface area contributed by atoms with Crippen molar-refractivity contribution in [3.8, 4) is 17.0 Å². The van der Waals surface area contributed by atoms with E-state index in [1.165, 1.54) is 0 Å². The number of thiazole rings is 1. The minimum Gasteiger partial charge on any atom is -0.494 e. The molecule has 0 bridgehead atoms. The molecule has 1 aromatic heterocycles. The molecule has 1 amide bonds. The summed E-state index contributed by atoms with van der Waals surface area (Å²) in [6.45, 7) is 7.73. The highest BCUT2D eigenvalue weighted by Gasteiger charge is 2.13. The second-order valence-electron chi connectivity index (χ2n) is 6.54. The summed E-state index contributed by atoms with van der Waals surface area (Å²) in [5, 5.41) is 0. The van der Waals surface area contributed by atoms with E-state index in [1.807, 2.05) is 30.3 Å². The van der Waals surface area contributed by atoms with Crippen molar-refractivity contribution < 1.29 is 9.53 Å². The van der Waals surface area contributed by atoms with Gasteiger partial charge < -0.3 is 9.30 Å². The van der Waals surface area contributed by atoms with Gasteiger partial charge in [0.1, 0.15) is 5.75 Å². The number of unbranched alkanes of at least 4 members (excludes halogenated alkanes) is 1. The second kappa shape index (κ2) is 9.51. The minimum atomic E-state index is -0.233. The standard InChI is InChI=1S/C23H26N2O2S/c1-4-6-16-27-20-14-12-19(13-15-20)22(26)24-23-25(5-2)21(17(3)28-23)18-10-8-7-9-11-18/h7-15H,4-6,16H2,1-3H3. The molecule has 0 aliphatic carbocycles. The normalized spacial score (nSPS) is 11.6. The molecular weight excluding hydrogens is 368 g/mol. The molecule has 0 aliphatic rings. The molecule has 5 heteroatoms. The van der Waals surface area contributed by atoms with Crippen LogP contribution in [0.2, 0.25) is 0 Å². The Morgan fingerprint density at radius 2 is 1.79 bits per heavy atom. The van der Waals surface area contributed by atoms with Gasteiger partial charge in [-0.15, -0.1) is 11.3 Å². The molecule has 146 valence electrons. The van der Waals surface area contributed by atoms with Crippen LogP contribution >= 0.6 is 11.3 Å². The van der Waals surface area contributed by atoms with E-state index in [0.717, 1.165) is 46.1 Å². The van der Waals surface area contributed by atoms with Gasteiger partial charge in [0.15, 0.2) is 4.80 Å².